The lowest BCUT2D eigenvalue weighted by atomic mass is 10.1. The number of carbonyl (C=O) groups is 1. The second-order valence-electron chi connectivity index (χ2n) is 7.58. The van der Waals surface area contributed by atoms with Gasteiger partial charge in [0.05, 0.1) is 36.1 Å². The average molecular weight is 461 g/mol. The highest BCUT2D eigenvalue weighted by Crippen LogP contribution is 2.32. The van der Waals surface area contributed by atoms with Crippen LogP contribution >= 0.6 is 11.8 Å². The largest absolute Gasteiger partial charge is 0.493 e. The van der Waals surface area contributed by atoms with Crippen molar-refractivity contribution >= 4 is 28.4 Å². The molecule has 4 aromatic rings. The van der Waals surface area contributed by atoms with Gasteiger partial charge in [-0.25, -0.2) is 4.98 Å². The SMILES string of the molecule is COc1ccc(-n2c(S[C@@H](C)C(=O)c3ccc(C)cc3)nc3ccccc3c2=O)cc1OC. The Kier molecular flexibility index (Phi) is 6.51. The van der Waals surface area contributed by atoms with Crippen molar-refractivity contribution < 1.29 is 14.3 Å². The molecule has 0 saturated heterocycles. The van der Waals surface area contributed by atoms with Gasteiger partial charge in [-0.2, -0.15) is 0 Å². The minimum absolute atomic E-state index is 0.0266. The van der Waals surface area contributed by atoms with E-state index in [1.807, 2.05) is 44.2 Å². The Hall–Kier alpha value is -3.58. The number of benzene rings is 3. The Morgan fingerprint density at radius 3 is 2.36 bits per heavy atom. The van der Waals surface area contributed by atoms with Gasteiger partial charge in [0.1, 0.15) is 0 Å². The summed E-state index contributed by atoms with van der Waals surface area (Å²) in [5, 5.41) is 0.472. The number of Topliss-reactive ketones (excluding diaryl/α,β-unsaturated/α-hetero) is 1. The Morgan fingerprint density at radius 2 is 1.67 bits per heavy atom. The van der Waals surface area contributed by atoms with Crippen LogP contribution in [0.3, 0.4) is 0 Å². The van der Waals surface area contributed by atoms with Crippen molar-refractivity contribution in [1.29, 1.82) is 0 Å². The quantitative estimate of drug-likeness (QED) is 0.218. The molecule has 33 heavy (non-hydrogen) atoms. The number of aromatic nitrogens is 2. The fraction of sp³-hybridized carbons (Fsp3) is 0.192. The van der Waals surface area contributed by atoms with Gasteiger partial charge in [0.25, 0.3) is 5.56 Å². The molecule has 0 aliphatic carbocycles. The van der Waals surface area contributed by atoms with Crippen molar-refractivity contribution in [2.75, 3.05) is 14.2 Å². The first-order valence-corrected chi connectivity index (χ1v) is 11.3. The number of carbonyl (C=O) groups excluding carboxylic acids is 1. The number of hydrogen-bond acceptors (Lipinski definition) is 6. The van der Waals surface area contributed by atoms with Crippen molar-refractivity contribution in [2.24, 2.45) is 0 Å². The Bertz CT molecular complexity index is 1380. The molecule has 0 N–H and O–H groups in total. The monoisotopic (exact) mass is 460 g/mol. The first-order chi connectivity index (χ1) is 15.9. The van der Waals surface area contributed by atoms with Crippen LogP contribution in [-0.4, -0.2) is 34.8 Å². The van der Waals surface area contributed by atoms with E-state index in [-0.39, 0.29) is 11.3 Å². The van der Waals surface area contributed by atoms with Gasteiger partial charge in [0, 0.05) is 11.6 Å². The third kappa shape index (κ3) is 4.50. The Morgan fingerprint density at radius 1 is 0.970 bits per heavy atom. The van der Waals surface area contributed by atoms with Crippen LogP contribution in [0, 0.1) is 6.92 Å². The third-order valence-electron chi connectivity index (χ3n) is 5.36. The molecule has 3 aromatic carbocycles. The standard InChI is InChI=1S/C26H24N2O4S/c1-16-9-11-18(12-10-16)24(29)17(2)33-26-27-21-8-6-5-7-20(21)25(30)28(26)19-13-14-22(31-3)23(15-19)32-4/h5-15,17H,1-4H3/t17-/m0/s1. The van der Waals surface area contributed by atoms with E-state index in [9.17, 15) is 9.59 Å². The molecule has 168 valence electrons. The molecule has 1 aromatic heterocycles. The van der Waals surface area contributed by atoms with E-state index in [2.05, 4.69) is 0 Å². The van der Waals surface area contributed by atoms with Crippen molar-refractivity contribution in [2.45, 2.75) is 24.3 Å². The predicted molar refractivity (Wildman–Crippen MR) is 131 cm³/mol. The van der Waals surface area contributed by atoms with Gasteiger partial charge in [-0.05, 0) is 38.1 Å². The fourth-order valence-corrected chi connectivity index (χ4v) is 4.55. The van der Waals surface area contributed by atoms with Crippen molar-refractivity contribution in [3.63, 3.8) is 0 Å². The lowest BCUT2D eigenvalue weighted by molar-refractivity contribution is 0.0994. The molecule has 0 spiro atoms. The number of aryl methyl sites for hydroxylation is 1. The molecule has 0 unspecified atom stereocenters. The molecule has 0 aliphatic rings. The molecule has 0 radical (unpaired) electrons. The maximum Gasteiger partial charge on any atom is 0.266 e. The van der Waals surface area contributed by atoms with Crippen LogP contribution in [0.25, 0.3) is 16.6 Å². The number of fused-ring (bicyclic) bond motifs is 1. The highest BCUT2D eigenvalue weighted by Gasteiger charge is 2.22. The van der Waals surface area contributed by atoms with Crippen molar-refractivity contribution in [3.8, 4) is 17.2 Å². The second-order valence-corrected chi connectivity index (χ2v) is 8.89. The zero-order chi connectivity index (χ0) is 23.5. The molecule has 0 bridgehead atoms. The van der Waals surface area contributed by atoms with Gasteiger partial charge in [-0.1, -0.05) is 53.7 Å². The summed E-state index contributed by atoms with van der Waals surface area (Å²) in [5.41, 5.74) is 2.65. The van der Waals surface area contributed by atoms with E-state index in [1.54, 1.807) is 50.6 Å². The number of hydrogen-bond donors (Lipinski definition) is 0. The first kappa shape index (κ1) is 22.6. The minimum atomic E-state index is -0.452. The van der Waals surface area contributed by atoms with Crippen LogP contribution in [0.4, 0.5) is 0 Å². The zero-order valence-corrected chi connectivity index (χ0v) is 19.7. The van der Waals surface area contributed by atoms with Crippen LogP contribution < -0.4 is 15.0 Å². The van der Waals surface area contributed by atoms with Crippen molar-refractivity contribution in [3.05, 3.63) is 88.2 Å². The van der Waals surface area contributed by atoms with Gasteiger partial charge < -0.3 is 9.47 Å². The van der Waals surface area contributed by atoms with Gasteiger partial charge in [0.2, 0.25) is 0 Å². The predicted octanol–water partition coefficient (Wildman–Crippen LogP) is 5.07. The minimum Gasteiger partial charge on any atom is -0.493 e. The molecule has 0 saturated carbocycles. The zero-order valence-electron chi connectivity index (χ0n) is 18.9. The number of ether oxygens (including phenoxy) is 2. The number of para-hydroxylation sites is 1. The molecular formula is C26H24N2O4S. The van der Waals surface area contributed by atoms with Crippen LogP contribution in [0.15, 0.2) is 76.7 Å². The summed E-state index contributed by atoms with van der Waals surface area (Å²) < 4.78 is 12.3. The van der Waals surface area contributed by atoms with Gasteiger partial charge in [-0.15, -0.1) is 0 Å². The smallest absolute Gasteiger partial charge is 0.266 e. The number of nitrogens with zero attached hydrogens (tertiary/aromatic N) is 2. The lowest BCUT2D eigenvalue weighted by Gasteiger charge is -2.17. The number of rotatable bonds is 7. The molecule has 1 atom stereocenters. The van der Waals surface area contributed by atoms with E-state index in [1.165, 1.54) is 16.3 Å². The number of ketones is 1. The molecular weight excluding hydrogens is 436 g/mol. The number of methoxy groups -OCH3 is 2. The summed E-state index contributed by atoms with van der Waals surface area (Å²) in [4.78, 5) is 31.3. The Labute approximate surface area is 196 Å². The summed E-state index contributed by atoms with van der Waals surface area (Å²) in [6, 6.07) is 19.9. The van der Waals surface area contributed by atoms with Crippen molar-refractivity contribution in [1.82, 2.24) is 9.55 Å². The summed E-state index contributed by atoms with van der Waals surface area (Å²) >= 11 is 1.25. The average Bonchev–Trinajstić information content (AvgIpc) is 2.84. The maximum absolute atomic E-state index is 13.5. The maximum atomic E-state index is 13.5. The molecule has 0 fully saturated rings. The van der Waals surface area contributed by atoms with E-state index in [0.29, 0.717) is 38.8 Å². The second kappa shape index (κ2) is 9.50. The highest BCUT2D eigenvalue weighted by molar-refractivity contribution is 8.00. The molecule has 1 heterocycles. The van der Waals surface area contributed by atoms with E-state index in [4.69, 9.17) is 14.5 Å². The highest BCUT2D eigenvalue weighted by atomic mass is 32.2. The normalized spacial score (nSPS) is 11.9. The summed E-state index contributed by atoms with van der Waals surface area (Å²) in [7, 11) is 3.10. The summed E-state index contributed by atoms with van der Waals surface area (Å²) in [5.74, 6) is 1.02. The Balaban J connectivity index is 1.83. The molecule has 6 nitrogen and oxygen atoms in total. The molecule has 0 aliphatic heterocycles. The molecule has 7 heteroatoms. The topological polar surface area (TPSA) is 70.4 Å². The van der Waals surface area contributed by atoms with E-state index in [0.717, 1.165) is 5.56 Å². The van der Waals surface area contributed by atoms with Crippen LogP contribution in [0.1, 0.15) is 22.8 Å². The summed E-state index contributed by atoms with van der Waals surface area (Å²) in [6.45, 7) is 3.81. The van der Waals surface area contributed by atoms with Crippen LogP contribution in [0.2, 0.25) is 0 Å². The number of thioether (sulfide) groups is 1. The molecule has 4 rings (SSSR count). The summed E-state index contributed by atoms with van der Waals surface area (Å²) in [6.07, 6.45) is 0. The van der Waals surface area contributed by atoms with Gasteiger partial charge in [-0.3, -0.25) is 14.2 Å². The van der Waals surface area contributed by atoms with E-state index >= 15 is 0 Å². The third-order valence-corrected chi connectivity index (χ3v) is 6.41. The van der Waals surface area contributed by atoms with Crippen LogP contribution in [-0.2, 0) is 0 Å². The van der Waals surface area contributed by atoms with Gasteiger partial charge in [0.15, 0.2) is 22.4 Å². The first-order valence-electron chi connectivity index (χ1n) is 10.4. The van der Waals surface area contributed by atoms with Crippen LogP contribution in [0.5, 0.6) is 11.5 Å². The molecule has 0 amide bonds. The fourth-order valence-electron chi connectivity index (χ4n) is 3.55. The lowest BCUT2D eigenvalue weighted by Crippen LogP contribution is -2.23. The van der Waals surface area contributed by atoms with E-state index < -0.39 is 5.25 Å². The van der Waals surface area contributed by atoms with Gasteiger partial charge >= 0.3 is 0 Å².